The number of anilines is 2. The summed E-state index contributed by atoms with van der Waals surface area (Å²) in [6.45, 7) is 7.47. The molecule has 0 N–H and O–H groups in total. The van der Waals surface area contributed by atoms with Crippen molar-refractivity contribution in [3.05, 3.63) is 84.2 Å². The summed E-state index contributed by atoms with van der Waals surface area (Å²) in [6, 6.07) is 25.6. The number of para-hydroxylation sites is 2. The highest BCUT2D eigenvalue weighted by atomic mass is 35.5. The quantitative estimate of drug-likeness (QED) is 0.657. The van der Waals surface area contributed by atoms with E-state index in [0.717, 1.165) is 6.54 Å². The molecular weight excluding hydrogens is 316 g/mol. The van der Waals surface area contributed by atoms with Gasteiger partial charge < -0.3 is 17.3 Å². The zero-order valence-electron chi connectivity index (χ0n) is 14.4. The molecule has 0 radical (unpaired) electrons. The van der Waals surface area contributed by atoms with Crippen molar-refractivity contribution in [2.24, 2.45) is 0 Å². The number of aromatic nitrogens is 1. The summed E-state index contributed by atoms with van der Waals surface area (Å²) in [5, 5.41) is 0. The lowest BCUT2D eigenvalue weighted by Gasteiger charge is -2.23. The van der Waals surface area contributed by atoms with E-state index in [1.165, 1.54) is 28.5 Å². The van der Waals surface area contributed by atoms with Gasteiger partial charge in [0.05, 0.1) is 5.69 Å². The van der Waals surface area contributed by atoms with Gasteiger partial charge in [-0.25, -0.2) is 0 Å². The van der Waals surface area contributed by atoms with E-state index in [4.69, 9.17) is 0 Å². The van der Waals surface area contributed by atoms with Crippen molar-refractivity contribution in [3.63, 3.8) is 0 Å². The molecule has 0 unspecified atom stereocenters. The number of nitrogens with zero attached hydrogens (tertiary/aromatic N) is 2. The Labute approximate surface area is 150 Å². The third-order valence-electron chi connectivity index (χ3n) is 4.13. The third kappa shape index (κ3) is 3.60. The van der Waals surface area contributed by atoms with Crippen molar-refractivity contribution in [3.8, 4) is 5.69 Å². The first-order valence-electron chi connectivity index (χ1n) is 8.12. The molecule has 24 heavy (non-hydrogen) atoms. The van der Waals surface area contributed by atoms with Gasteiger partial charge in [0.15, 0.2) is 11.4 Å². The van der Waals surface area contributed by atoms with E-state index in [2.05, 4.69) is 103 Å². The molecule has 0 aliphatic carbocycles. The van der Waals surface area contributed by atoms with Crippen molar-refractivity contribution in [2.45, 2.75) is 20.8 Å². The van der Waals surface area contributed by atoms with Crippen LogP contribution in [0.2, 0.25) is 0 Å². The molecule has 0 saturated heterocycles. The SMILES string of the molecule is CCN(c1ccccc1)c1cc(C)[n+](-c2ccccc2)c(C)c1.[Cl-]. The Morgan fingerprint density at radius 2 is 1.25 bits per heavy atom. The first-order valence-corrected chi connectivity index (χ1v) is 8.12. The van der Waals surface area contributed by atoms with Gasteiger partial charge in [-0.3, -0.25) is 0 Å². The summed E-state index contributed by atoms with van der Waals surface area (Å²) >= 11 is 0. The molecule has 0 fully saturated rings. The average Bonchev–Trinajstić information content (AvgIpc) is 2.57. The monoisotopic (exact) mass is 338 g/mol. The van der Waals surface area contributed by atoms with E-state index in [0.29, 0.717) is 0 Å². The number of rotatable bonds is 4. The fourth-order valence-electron chi connectivity index (χ4n) is 3.14. The highest BCUT2D eigenvalue weighted by molar-refractivity contribution is 5.63. The molecule has 0 aliphatic rings. The average molecular weight is 339 g/mol. The van der Waals surface area contributed by atoms with Gasteiger partial charge in [-0.2, -0.15) is 4.57 Å². The highest BCUT2D eigenvalue weighted by Crippen LogP contribution is 2.25. The van der Waals surface area contributed by atoms with Crippen LogP contribution >= 0.6 is 0 Å². The Balaban J connectivity index is 0.00000208. The Morgan fingerprint density at radius 1 is 0.750 bits per heavy atom. The number of hydrogen-bond acceptors (Lipinski definition) is 1. The number of benzene rings is 2. The van der Waals surface area contributed by atoms with Crippen LogP contribution in [-0.2, 0) is 0 Å². The van der Waals surface area contributed by atoms with Gasteiger partial charge in [0.2, 0.25) is 5.69 Å². The second-order valence-electron chi connectivity index (χ2n) is 5.75. The van der Waals surface area contributed by atoms with Crippen LogP contribution < -0.4 is 21.9 Å². The molecule has 0 bridgehead atoms. The van der Waals surface area contributed by atoms with Crippen LogP contribution in [0.5, 0.6) is 0 Å². The summed E-state index contributed by atoms with van der Waals surface area (Å²) in [6.07, 6.45) is 0. The standard InChI is InChI=1S/C21H23N2.ClH/c1-4-22(19-11-7-5-8-12-19)21-15-17(2)23(18(3)16-21)20-13-9-6-10-14-20;/h5-16H,4H2,1-3H3;1H/q+1;/p-1. The fourth-order valence-corrected chi connectivity index (χ4v) is 3.14. The van der Waals surface area contributed by atoms with Gasteiger partial charge in [-0.1, -0.05) is 36.4 Å². The molecule has 0 saturated carbocycles. The molecule has 3 rings (SSSR count). The molecular formula is C21H23ClN2. The Morgan fingerprint density at radius 3 is 1.75 bits per heavy atom. The van der Waals surface area contributed by atoms with Crippen LogP contribution in [0.1, 0.15) is 18.3 Å². The molecule has 1 heterocycles. The fraction of sp³-hybridized carbons (Fsp3) is 0.190. The van der Waals surface area contributed by atoms with E-state index in [9.17, 15) is 0 Å². The second-order valence-corrected chi connectivity index (χ2v) is 5.75. The normalized spacial score (nSPS) is 10.1. The molecule has 0 atom stereocenters. The molecule has 1 aromatic heterocycles. The number of aryl methyl sites for hydroxylation is 2. The number of hydrogen-bond donors (Lipinski definition) is 0. The molecule has 2 aromatic carbocycles. The smallest absolute Gasteiger partial charge is 0.211 e. The van der Waals surface area contributed by atoms with Crippen molar-refractivity contribution in [2.75, 3.05) is 11.4 Å². The zero-order valence-corrected chi connectivity index (χ0v) is 15.2. The van der Waals surface area contributed by atoms with E-state index >= 15 is 0 Å². The van der Waals surface area contributed by atoms with Crippen molar-refractivity contribution in [1.82, 2.24) is 0 Å². The summed E-state index contributed by atoms with van der Waals surface area (Å²) in [4.78, 5) is 2.34. The van der Waals surface area contributed by atoms with Gasteiger partial charge in [0.1, 0.15) is 0 Å². The van der Waals surface area contributed by atoms with Gasteiger partial charge in [-0.15, -0.1) is 0 Å². The molecule has 3 aromatic rings. The zero-order chi connectivity index (χ0) is 16.2. The molecule has 0 amide bonds. The highest BCUT2D eigenvalue weighted by Gasteiger charge is 2.18. The van der Waals surface area contributed by atoms with Gasteiger partial charge in [0, 0.05) is 50.3 Å². The van der Waals surface area contributed by atoms with Crippen molar-refractivity contribution in [1.29, 1.82) is 0 Å². The van der Waals surface area contributed by atoms with E-state index in [1.54, 1.807) is 0 Å². The van der Waals surface area contributed by atoms with Crippen LogP contribution in [0, 0.1) is 13.8 Å². The summed E-state index contributed by atoms with van der Waals surface area (Å²) in [5.74, 6) is 0. The minimum atomic E-state index is 0. The lowest BCUT2D eigenvalue weighted by atomic mass is 10.2. The Hall–Kier alpha value is -2.32. The first kappa shape index (κ1) is 18.0. The lowest BCUT2D eigenvalue weighted by molar-refractivity contribution is -0.609. The second kappa shape index (κ2) is 7.98. The minimum Gasteiger partial charge on any atom is -1.00 e. The minimum absolute atomic E-state index is 0. The van der Waals surface area contributed by atoms with Crippen LogP contribution in [0.4, 0.5) is 11.4 Å². The predicted octanol–water partition coefficient (Wildman–Crippen LogP) is 1.74. The van der Waals surface area contributed by atoms with Gasteiger partial charge in [0.25, 0.3) is 0 Å². The molecule has 0 aliphatic heterocycles. The lowest BCUT2D eigenvalue weighted by Crippen LogP contribution is -3.00. The largest absolute Gasteiger partial charge is 1.00 e. The molecule has 0 spiro atoms. The van der Waals surface area contributed by atoms with Crippen LogP contribution in [0.15, 0.2) is 72.8 Å². The topological polar surface area (TPSA) is 7.12 Å². The summed E-state index contributed by atoms with van der Waals surface area (Å²) in [7, 11) is 0. The third-order valence-corrected chi connectivity index (χ3v) is 4.13. The molecule has 124 valence electrons. The Bertz CT molecular complexity index is 762. The maximum atomic E-state index is 2.34. The van der Waals surface area contributed by atoms with Crippen LogP contribution in [0.25, 0.3) is 5.69 Å². The number of pyridine rings is 1. The van der Waals surface area contributed by atoms with Gasteiger partial charge in [-0.05, 0) is 19.1 Å². The van der Waals surface area contributed by atoms with Crippen LogP contribution in [-0.4, -0.2) is 6.54 Å². The summed E-state index contributed by atoms with van der Waals surface area (Å²) < 4.78 is 2.29. The van der Waals surface area contributed by atoms with E-state index in [-0.39, 0.29) is 12.4 Å². The summed E-state index contributed by atoms with van der Waals surface area (Å²) in [5.41, 5.74) is 6.14. The molecule has 3 heteroatoms. The predicted molar refractivity (Wildman–Crippen MR) is 96.6 cm³/mol. The van der Waals surface area contributed by atoms with E-state index in [1.807, 2.05) is 0 Å². The van der Waals surface area contributed by atoms with Gasteiger partial charge >= 0.3 is 0 Å². The maximum Gasteiger partial charge on any atom is 0.211 e. The van der Waals surface area contributed by atoms with Crippen molar-refractivity contribution < 1.29 is 17.0 Å². The van der Waals surface area contributed by atoms with E-state index < -0.39 is 0 Å². The van der Waals surface area contributed by atoms with Crippen LogP contribution in [0.3, 0.4) is 0 Å². The molecule has 2 nitrogen and oxygen atoms in total. The Kier molecular flexibility index (Phi) is 5.99. The first-order chi connectivity index (χ1) is 11.2. The van der Waals surface area contributed by atoms with Crippen molar-refractivity contribution >= 4 is 11.4 Å². The maximum absolute atomic E-state index is 2.34. The number of halogens is 1.